The highest BCUT2D eigenvalue weighted by Crippen LogP contribution is 2.03. The number of aliphatic hydroxyl groups excluding tert-OH is 1. The summed E-state index contributed by atoms with van der Waals surface area (Å²) in [6, 6.07) is 0. The zero-order valence-electron chi connectivity index (χ0n) is 9.74. The first-order valence-corrected chi connectivity index (χ1v) is 5.41. The van der Waals surface area contributed by atoms with Crippen molar-refractivity contribution in [2.24, 2.45) is 0 Å². The highest BCUT2D eigenvalue weighted by Gasteiger charge is 1.93. The summed E-state index contributed by atoms with van der Waals surface area (Å²) in [5.74, 6) is 0. The molecule has 0 saturated carbocycles. The fourth-order valence-corrected chi connectivity index (χ4v) is 1.09. The zero-order valence-corrected chi connectivity index (χ0v) is 9.74. The van der Waals surface area contributed by atoms with E-state index in [0.29, 0.717) is 19.8 Å². The van der Waals surface area contributed by atoms with Crippen LogP contribution in [0.3, 0.4) is 0 Å². The molecule has 0 spiro atoms. The van der Waals surface area contributed by atoms with Crippen molar-refractivity contribution in [2.75, 3.05) is 26.9 Å². The molecule has 3 heteroatoms. The predicted molar refractivity (Wildman–Crippen MR) is 62.1 cm³/mol. The SMILES string of the molecule is CCCC/C=C(/C=C/O)COCCOC. The van der Waals surface area contributed by atoms with Crippen molar-refractivity contribution in [1.29, 1.82) is 0 Å². The van der Waals surface area contributed by atoms with Crippen molar-refractivity contribution in [3.05, 3.63) is 24.0 Å². The van der Waals surface area contributed by atoms with Gasteiger partial charge in [-0.2, -0.15) is 0 Å². The van der Waals surface area contributed by atoms with Crippen LogP contribution >= 0.6 is 0 Å². The molecule has 0 rings (SSSR count). The lowest BCUT2D eigenvalue weighted by molar-refractivity contribution is 0.0830. The molecule has 0 atom stereocenters. The fourth-order valence-electron chi connectivity index (χ4n) is 1.09. The number of rotatable bonds is 9. The summed E-state index contributed by atoms with van der Waals surface area (Å²) < 4.78 is 10.2. The Hall–Kier alpha value is -0.800. The van der Waals surface area contributed by atoms with Crippen LogP contribution in [-0.2, 0) is 9.47 Å². The molecule has 0 unspecified atom stereocenters. The molecule has 88 valence electrons. The topological polar surface area (TPSA) is 38.7 Å². The predicted octanol–water partition coefficient (Wildman–Crippen LogP) is 2.84. The van der Waals surface area contributed by atoms with Gasteiger partial charge in [-0.3, -0.25) is 0 Å². The van der Waals surface area contributed by atoms with Crippen LogP contribution in [0.5, 0.6) is 0 Å². The van der Waals surface area contributed by atoms with Crippen LogP contribution in [0.1, 0.15) is 26.2 Å². The molecule has 0 aliphatic carbocycles. The Morgan fingerprint density at radius 2 is 2.13 bits per heavy atom. The van der Waals surface area contributed by atoms with E-state index < -0.39 is 0 Å². The van der Waals surface area contributed by atoms with Gasteiger partial charge in [-0.1, -0.05) is 25.8 Å². The monoisotopic (exact) mass is 214 g/mol. The van der Waals surface area contributed by atoms with Crippen molar-refractivity contribution in [3.63, 3.8) is 0 Å². The maximum absolute atomic E-state index is 8.69. The Labute approximate surface area is 92.4 Å². The second-order valence-electron chi connectivity index (χ2n) is 3.28. The molecular formula is C12H22O3. The third kappa shape index (κ3) is 9.50. The molecular weight excluding hydrogens is 192 g/mol. The van der Waals surface area contributed by atoms with Crippen LogP contribution in [0.2, 0.25) is 0 Å². The number of allylic oxidation sites excluding steroid dienone is 1. The van der Waals surface area contributed by atoms with Crippen LogP contribution in [0.25, 0.3) is 0 Å². The molecule has 0 aromatic heterocycles. The summed E-state index contributed by atoms with van der Waals surface area (Å²) >= 11 is 0. The van der Waals surface area contributed by atoms with E-state index in [9.17, 15) is 0 Å². The Bertz CT molecular complexity index is 185. The van der Waals surface area contributed by atoms with Crippen LogP contribution in [-0.4, -0.2) is 32.0 Å². The van der Waals surface area contributed by atoms with Crippen LogP contribution in [0.4, 0.5) is 0 Å². The number of unbranched alkanes of at least 4 members (excludes halogenated alkanes) is 2. The van der Waals surface area contributed by atoms with Gasteiger partial charge in [0.2, 0.25) is 0 Å². The lowest BCUT2D eigenvalue weighted by Gasteiger charge is -2.04. The standard InChI is InChI=1S/C12H22O3/c1-3-4-5-6-12(7-8-13)11-15-10-9-14-2/h6-8,13H,3-5,9-11H2,1-2H3/b8-7+,12-6-. The third-order valence-electron chi connectivity index (χ3n) is 1.95. The third-order valence-corrected chi connectivity index (χ3v) is 1.95. The van der Waals surface area contributed by atoms with E-state index in [4.69, 9.17) is 14.6 Å². The number of methoxy groups -OCH3 is 1. The minimum Gasteiger partial charge on any atom is -0.516 e. The van der Waals surface area contributed by atoms with Gasteiger partial charge < -0.3 is 14.6 Å². The van der Waals surface area contributed by atoms with E-state index in [-0.39, 0.29) is 0 Å². The molecule has 0 aromatic rings. The summed E-state index contributed by atoms with van der Waals surface area (Å²) in [5.41, 5.74) is 1.02. The van der Waals surface area contributed by atoms with E-state index >= 15 is 0 Å². The van der Waals surface area contributed by atoms with E-state index in [0.717, 1.165) is 18.3 Å². The van der Waals surface area contributed by atoms with Crippen molar-refractivity contribution < 1.29 is 14.6 Å². The van der Waals surface area contributed by atoms with Gasteiger partial charge in [0, 0.05) is 7.11 Å². The summed E-state index contributed by atoms with van der Waals surface area (Å²) in [4.78, 5) is 0. The quantitative estimate of drug-likeness (QED) is 0.364. The van der Waals surface area contributed by atoms with E-state index in [1.807, 2.05) is 0 Å². The van der Waals surface area contributed by atoms with Gasteiger partial charge in [0.25, 0.3) is 0 Å². The second kappa shape index (κ2) is 11.3. The van der Waals surface area contributed by atoms with Crippen LogP contribution in [0.15, 0.2) is 24.0 Å². The molecule has 0 aliphatic rings. The van der Waals surface area contributed by atoms with Crippen molar-refractivity contribution in [2.45, 2.75) is 26.2 Å². The lowest BCUT2D eigenvalue weighted by atomic mass is 10.2. The average Bonchev–Trinajstić information content (AvgIpc) is 2.24. The molecule has 0 aromatic carbocycles. The molecule has 0 heterocycles. The molecule has 0 fully saturated rings. The summed E-state index contributed by atoms with van der Waals surface area (Å²) in [5, 5.41) is 8.69. The van der Waals surface area contributed by atoms with Crippen LogP contribution < -0.4 is 0 Å². The molecule has 0 amide bonds. The van der Waals surface area contributed by atoms with Gasteiger partial charge in [-0.05, 0) is 18.1 Å². The Kier molecular flexibility index (Phi) is 10.7. The smallest absolute Gasteiger partial charge is 0.0795 e. The molecule has 0 bridgehead atoms. The molecule has 0 aliphatic heterocycles. The molecule has 0 saturated heterocycles. The largest absolute Gasteiger partial charge is 0.516 e. The van der Waals surface area contributed by atoms with Crippen molar-refractivity contribution >= 4 is 0 Å². The first kappa shape index (κ1) is 14.2. The summed E-state index contributed by atoms with van der Waals surface area (Å²) in [6.07, 6.45) is 8.20. The van der Waals surface area contributed by atoms with Crippen molar-refractivity contribution in [1.82, 2.24) is 0 Å². The maximum atomic E-state index is 8.69. The fraction of sp³-hybridized carbons (Fsp3) is 0.667. The minimum atomic E-state index is 0.532. The summed E-state index contributed by atoms with van der Waals surface area (Å²) in [6.45, 7) is 3.88. The minimum absolute atomic E-state index is 0.532. The Morgan fingerprint density at radius 1 is 1.33 bits per heavy atom. The lowest BCUT2D eigenvalue weighted by Crippen LogP contribution is -2.04. The van der Waals surface area contributed by atoms with Crippen LogP contribution in [0, 0.1) is 0 Å². The Morgan fingerprint density at radius 3 is 2.73 bits per heavy atom. The first-order chi connectivity index (χ1) is 7.35. The Balaban J connectivity index is 3.77. The highest BCUT2D eigenvalue weighted by molar-refractivity contribution is 5.17. The van der Waals surface area contributed by atoms with Gasteiger partial charge in [0.1, 0.15) is 0 Å². The van der Waals surface area contributed by atoms with Gasteiger partial charge in [-0.25, -0.2) is 0 Å². The molecule has 1 N–H and O–H groups in total. The van der Waals surface area contributed by atoms with E-state index in [2.05, 4.69) is 13.0 Å². The van der Waals surface area contributed by atoms with Gasteiger partial charge in [-0.15, -0.1) is 0 Å². The van der Waals surface area contributed by atoms with Crippen molar-refractivity contribution in [3.8, 4) is 0 Å². The molecule has 3 nitrogen and oxygen atoms in total. The number of aliphatic hydroxyl groups is 1. The first-order valence-electron chi connectivity index (χ1n) is 5.41. The summed E-state index contributed by atoms with van der Waals surface area (Å²) in [7, 11) is 1.65. The van der Waals surface area contributed by atoms with Gasteiger partial charge in [0.05, 0.1) is 26.1 Å². The maximum Gasteiger partial charge on any atom is 0.0795 e. The number of hydrogen-bond acceptors (Lipinski definition) is 3. The molecule has 0 radical (unpaired) electrons. The normalized spacial score (nSPS) is 12.5. The van der Waals surface area contributed by atoms with E-state index in [1.165, 1.54) is 12.8 Å². The van der Waals surface area contributed by atoms with E-state index in [1.54, 1.807) is 13.2 Å². The molecule has 15 heavy (non-hydrogen) atoms. The average molecular weight is 214 g/mol. The zero-order chi connectivity index (χ0) is 11.4. The number of ether oxygens (including phenoxy) is 2. The highest BCUT2D eigenvalue weighted by atomic mass is 16.5. The van der Waals surface area contributed by atoms with Gasteiger partial charge in [0.15, 0.2) is 0 Å². The second-order valence-corrected chi connectivity index (χ2v) is 3.28. The van der Waals surface area contributed by atoms with Gasteiger partial charge >= 0.3 is 0 Å². The number of hydrogen-bond donors (Lipinski definition) is 1.